The molecule has 0 heterocycles. The first-order valence-corrected chi connectivity index (χ1v) is 6.22. The van der Waals surface area contributed by atoms with Gasteiger partial charge in [-0.25, -0.2) is 0 Å². The van der Waals surface area contributed by atoms with Crippen molar-refractivity contribution in [2.45, 2.75) is 47.5 Å². The highest BCUT2D eigenvalue weighted by Gasteiger charge is 1.84. The summed E-state index contributed by atoms with van der Waals surface area (Å²) in [4.78, 5) is 0. The Hall–Kier alpha value is 0.270. The summed E-state index contributed by atoms with van der Waals surface area (Å²) in [5.74, 6) is 0.784. The topological polar surface area (TPSA) is 18.5 Å². The molecule has 0 aliphatic rings. The van der Waals surface area contributed by atoms with Crippen molar-refractivity contribution in [3.63, 3.8) is 0 Å². The van der Waals surface area contributed by atoms with Crippen LogP contribution in [0.15, 0.2) is 0 Å². The van der Waals surface area contributed by atoms with Crippen LogP contribution in [-0.2, 0) is 9.47 Å². The van der Waals surface area contributed by atoms with Gasteiger partial charge in [-0.3, -0.25) is 0 Å². The van der Waals surface area contributed by atoms with Crippen molar-refractivity contribution >= 4 is 12.6 Å². The quantitative estimate of drug-likeness (QED) is 0.512. The van der Waals surface area contributed by atoms with Crippen molar-refractivity contribution in [1.82, 2.24) is 0 Å². The van der Waals surface area contributed by atoms with Crippen LogP contribution in [0.4, 0.5) is 0 Å². The fraction of sp³-hybridized carbons (Fsp3) is 1.00. The molecule has 0 radical (unpaired) electrons. The second kappa shape index (κ2) is 23.8. The summed E-state index contributed by atoms with van der Waals surface area (Å²) in [5.41, 5.74) is 0. The van der Waals surface area contributed by atoms with E-state index in [1.54, 1.807) is 0 Å². The number of thiol groups is 1. The van der Waals surface area contributed by atoms with E-state index >= 15 is 0 Å². The predicted molar refractivity (Wildman–Crippen MR) is 73.1 cm³/mol. The number of rotatable bonds is 8. The van der Waals surface area contributed by atoms with Crippen molar-refractivity contribution in [1.29, 1.82) is 0 Å². The Labute approximate surface area is 102 Å². The van der Waals surface area contributed by atoms with E-state index in [-0.39, 0.29) is 7.43 Å². The molecule has 15 heavy (non-hydrogen) atoms. The van der Waals surface area contributed by atoms with Gasteiger partial charge in [0.2, 0.25) is 0 Å². The second-order valence-electron chi connectivity index (χ2n) is 2.89. The largest absolute Gasteiger partial charge is 0.379 e. The van der Waals surface area contributed by atoms with Gasteiger partial charge in [0.1, 0.15) is 0 Å². The Kier molecular flexibility index (Phi) is 32.8. The molecule has 0 N–H and O–H groups in total. The maximum absolute atomic E-state index is 5.08. The highest BCUT2D eigenvalue weighted by Crippen LogP contribution is 1.88. The number of unbranched alkanes of at least 4 members (excludes halogenated alkanes) is 2. The average molecular weight is 238 g/mol. The lowest BCUT2D eigenvalue weighted by molar-refractivity contribution is 0.0595. The minimum absolute atomic E-state index is 0. The summed E-state index contributed by atoms with van der Waals surface area (Å²) in [5, 5.41) is 0. The number of hydrogen-bond acceptors (Lipinski definition) is 3. The molecule has 0 aromatic rings. The first kappa shape index (κ1) is 20.7. The van der Waals surface area contributed by atoms with Crippen LogP contribution in [0.1, 0.15) is 47.5 Å². The Bertz CT molecular complexity index is 72.0. The Morgan fingerprint density at radius 3 is 1.73 bits per heavy atom. The summed E-state index contributed by atoms with van der Waals surface area (Å²) < 4.78 is 10.1. The van der Waals surface area contributed by atoms with Crippen molar-refractivity contribution in [2.24, 2.45) is 0 Å². The van der Waals surface area contributed by atoms with Gasteiger partial charge in [-0.1, -0.05) is 40.5 Å². The molecule has 0 amide bonds. The van der Waals surface area contributed by atoms with Gasteiger partial charge in [-0.2, -0.15) is 12.6 Å². The normalized spacial score (nSPS) is 8.80. The van der Waals surface area contributed by atoms with E-state index in [2.05, 4.69) is 26.5 Å². The zero-order valence-corrected chi connectivity index (χ0v) is 10.8. The van der Waals surface area contributed by atoms with Crippen LogP contribution in [-0.4, -0.2) is 32.2 Å². The maximum atomic E-state index is 5.08. The molecule has 0 aromatic carbocycles. The molecule has 0 fully saturated rings. The van der Waals surface area contributed by atoms with E-state index in [4.69, 9.17) is 9.47 Å². The molecule has 0 saturated heterocycles. The van der Waals surface area contributed by atoms with Crippen LogP contribution in [0.5, 0.6) is 0 Å². The third-order valence-electron chi connectivity index (χ3n) is 1.52. The fourth-order valence-electron chi connectivity index (χ4n) is 0.782. The zero-order valence-electron chi connectivity index (χ0n) is 9.92. The summed E-state index contributed by atoms with van der Waals surface area (Å²) in [7, 11) is 0. The molecule has 0 bridgehead atoms. The van der Waals surface area contributed by atoms with Gasteiger partial charge < -0.3 is 9.47 Å². The van der Waals surface area contributed by atoms with Gasteiger partial charge in [-0.15, -0.1) is 0 Å². The van der Waals surface area contributed by atoms with Gasteiger partial charge >= 0.3 is 0 Å². The smallest absolute Gasteiger partial charge is 0.0700 e. The van der Waals surface area contributed by atoms with Gasteiger partial charge in [0.25, 0.3) is 0 Å². The first-order valence-electron chi connectivity index (χ1n) is 5.59. The molecule has 0 spiro atoms. The monoisotopic (exact) mass is 238 g/mol. The fourth-order valence-corrected chi connectivity index (χ4v) is 0.911. The van der Waals surface area contributed by atoms with Crippen molar-refractivity contribution in [3.8, 4) is 0 Å². The predicted octanol–water partition coefficient (Wildman–Crippen LogP) is 3.80. The van der Waals surface area contributed by atoms with E-state index in [0.717, 1.165) is 19.0 Å². The molecular formula is C12H30O2S. The maximum Gasteiger partial charge on any atom is 0.0700 e. The van der Waals surface area contributed by atoms with Crippen LogP contribution < -0.4 is 0 Å². The second-order valence-corrected chi connectivity index (χ2v) is 3.33. The first-order chi connectivity index (χ1) is 6.83. The summed E-state index contributed by atoms with van der Waals surface area (Å²) in [6.07, 6.45) is 4.08. The molecule has 2 nitrogen and oxygen atoms in total. The van der Waals surface area contributed by atoms with E-state index in [1.807, 2.05) is 6.92 Å². The van der Waals surface area contributed by atoms with E-state index in [1.165, 1.54) is 19.3 Å². The third-order valence-corrected chi connectivity index (χ3v) is 1.70. The van der Waals surface area contributed by atoms with Crippen LogP contribution in [0.25, 0.3) is 0 Å². The Morgan fingerprint density at radius 1 is 0.867 bits per heavy atom. The van der Waals surface area contributed by atoms with Gasteiger partial charge in [0, 0.05) is 12.4 Å². The minimum Gasteiger partial charge on any atom is -0.379 e. The molecule has 0 atom stereocenters. The lowest BCUT2D eigenvalue weighted by Crippen LogP contribution is -2.05. The molecule has 0 aliphatic carbocycles. The highest BCUT2D eigenvalue weighted by atomic mass is 32.1. The summed E-state index contributed by atoms with van der Waals surface area (Å²) in [6.45, 7) is 9.27. The molecule has 96 valence electrons. The van der Waals surface area contributed by atoms with Crippen molar-refractivity contribution in [3.05, 3.63) is 0 Å². The summed E-state index contributed by atoms with van der Waals surface area (Å²) in [6, 6.07) is 0. The van der Waals surface area contributed by atoms with E-state index < -0.39 is 0 Å². The van der Waals surface area contributed by atoms with E-state index in [0.29, 0.717) is 13.2 Å². The lowest BCUT2D eigenvalue weighted by Gasteiger charge is -2.00. The lowest BCUT2D eigenvalue weighted by atomic mass is 10.3. The SMILES string of the molecule is C.CCCCC.CCOCCOCCS. The third kappa shape index (κ3) is 31.4. The standard InChI is InChI=1S/C6H14O2S.C5H12.CH4/c1-2-7-3-4-8-5-6-9;1-3-5-4-2;/h9H,2-6H2,1H3;3-5H2,1-2H3;1H4. The molecule has 0 aromatic heterocycles. The molecule has 0 saturated carbocycles. The van der Waals surface area contributed by atoms with Crippen LogP contribution in [0, 0.1) is 0 Å². The zero-order chi connectivity index (χ0) is 11.1. The number of ether oxygens (including phenoxy) is 2. The van der Waals surface area contributed by atoms with Crippen LogP contribution in [0.2, 0.25) is 0 Å². The number of hydrogen-bond donors (Lipinski definition) is 1. The van der Waals surface area contributed by atoms with Gasteiger partial charge in [-0.05, 0) is 6.92 Å². The highest BCUT2D eigenvalue weighted by molar-refractivity contribution is 7.80. The molecule has 0 unspecified atom stereocenters. The summed E-state index contributed by atoms with van der Waals surface area (Å²) >= 11 is 3.98. The van der Waals surface area contributed by atoms with Crippen molar-refractivity contribution < 1.29 is 9.47 Å². The molecule has 0 rings (SSSR count). The average Bonchev–Trinajstić information content (AvgIpc) is 2.20. The van der Waals surface area contributed by atoms with E-state index in [9.17, 15) is 0 Å². The van der Waals surface area contributed by atoms with Crippen LogP contribution >= 0.6 is 12.6 Å². The Balaban J connectivity index is -0.000000208. The van der Waals surface area contributed by atoms with Crippen LogP contribution in [0.3, 0.4) is 0 Å². The molecular weight excluding hydrogens is 208 g/mol. The molecule has 0 aliphatic heterocycles. The van der Waals surface area contributed by atoms with Crippen molar-refractivity contribution in [2.75, 3.05) is 32.2 Å². The molecule has 3 heteroatoms. The van der Waals surface area contributed by atoms with Gasteiger partial charge in [0.05, 0.1) is 19.8 Å². The minimum atomic E-state index is 0. The van der Waals surface area contributed by atoms with Gasteiger partial charge in [0.15, 0.2) is 0 Å². The Morgan fingerprint density at radius 2 is 1.40 bits per heavy atom.